The van der Waals surface area contributed by atoms with Crippen LogP contribution in [-0.4, -0.2) is 34.0 Å². The maximum absolute atomic E-state index is 13.2. The standard InChI is InChI=1S/C15H17F2N5/c1-11-3-2-4-12(9-11)20-13-18-10-19-14(21-13)22-7-5-15(16,17)6-8-22/h2-4,9-10H,5-8H2,1H3,(H,18,19,20,21). The number of benzene rings is 1. The lowest BCUT2D eigenvalue weighted by Crippen LogP contribution is -2.40. The van der Waals surface area contributed by atoms with E-state index in [9.17, 15) is 8.78 Å². The lowest BCUT2D eigenvalue weighted by Gasteiger charge is -2.31. The summed E-state index contributed by atoms with van der Waals surface area (Å²) in [7, 11) is 0. The van der Waals surface area contributed by atoms with E-state index in [4.69, 9.17) is 0 Å². The molecule has 1 aliphatic rings. The van der Waals surface area contributed by atoms with Crippen LogP contribution in [0.15, 0.2) is 30.6 Å². The van der Waals surface area contributed by atoms with Gasteiger partial charge in [-0.1, -0.05) is 12.1 Å². The Balaban J connectivity index is 1.73. The number of alkyl halides is 2. The monoisotopic (exact) mass is 305 g/mol. The molecule has 0 radical (unpaired) electrons. The Kier molecular flexibility index (Phi) is 3.87. The molecule has 0 bridgehead atoms. The van der Waals surface area contributed by atoms with Crippen LogP contribution in [0.25, 0.3) is 0 Å². The summed E-state index contributed by atoms with van der Waals surface area (Å²) < 4.78 is 26.4. The maximum atomic E-state index is 13.2. The van der Waals surface area contributed by atoms with E-state index in [0.29, 0.717) is 11.9 Å². The molecule has 0 amide bonds. The van der Waals surface area contributed by atoms with Gasteiger partial charge in [0.25, 0.3) is 5.92 Å². The van der Waals surface area contributed by atoms with Crippen LogP contribution in [-0.2, 0) is 0 Å². The van der Waals surface area contributed by atoms with Crippen molar-refractivity contribution in [2.75, 3.05) is 23.3 Å². The summed E-state index contributed by atoms with van der Waals surface area (Å²) in [5, 5.41) is 3.10. The summed E-state index contributed by atoms with van der Waals surface area (Å²) in [4.78, 5) is 14.2. The van der Waals surface area contributed by atoms with E-state index in [2.05, 4.69) is 20.3 Å². The number of nitrogens with one attached hydrogen (secondary N) is 1. The van der Waals surface area contributed by atoms with Crippen molar-refractivity contribution in [3.05, 3.63) is 36.2 Å². The predicted molar refractivity (Wildman–Crippen MR) is 80.7 cm³/mol. The normalized spacial score (nSPS) is 17.3. The molecule has 116 valence electrons. The Morgan fingerprint density at radius 3 is 2.68 bits per heavy atom. The number of anilines is 3. The Morgan fingerprint density at radius 1 is 1.18 bits per heavy atom. The fraction of sp³-hybridized carbons (Fsp3) is 0.400. The highest BCUT2D eigenvalue weighted by Gasteiger charge is 2.34. The van der Waals surface area contributed by atoms with Gasteiger partial charge in [-0.3, -0.25) is 0 Å². The van der Waals surface area contributed by atoms with Crippen molar-refractivity contribution in [1.29, 1.82) is 0 Å². The van der Waals surface area contributed by atoms with E-state index in [0.717, 1.165) is 11.3 Å². The summed E-state index contributed by atoms with van der Waals surface area (Å²) in [6.07, 6.45) is 1.06. The predicted octanol–water partition coefficient (Wildman–Crippen LogP) is 3.16. The number of rotatable bonds is 3. The van der Waals surface area contributed by atoms with Crippen LogP contribution in [0, 0.1) is 6.92 Å². The van der Waals surface area contributed by atoms with Crippen LogP contribution >= 0.6 is 0 Å². The third-order valence-electron chi connectivity index (χ3n) is 3.61. The topological polar surface area (TPSA) is 53.9 Å². The summed E-state index contributed by atoms with van der Waals surface area (Å²) in [6.45, 7) is 2.50. The Morgan fingerprint density at radius 2 is 1.95 bits per heavy atom. The summed E-state index contributed by atoms with van der Waals surface area (Å²) in [6, 6.07) is 7.83. The van der Waals surface area contributed by atoms with Crippen molar-refractivity contribution in [3.63, 3.8) is 0 Å². The Labute approximate surface area is 127 Å². The van der Waals surface area contributed by atoms with Crippen LogP contribution in [0.4, 0.5) is 26.4 Å². The van der Waals surface area contributed by atoms with Gasteiger partial charge in [0.2, 0.25) is 11.9 Å². The molecular weight excluding hydrogens is 288 g/mol. The van der Waals surface area contributed by atoms with Gasteiger partial charge in [-0.2, -0.15) is 4.98 Å². The second kappa shape index (κ2) is 5.82. The molecule has 1 N–H and O–H groups in total. The van der Waals surface area contributed by atoms with Crippen molar-refractivity contribution in [2.24, 2.45) is 0 Å². The molecule has 1 aliphatic heterocycles. The summed E-state index contributed by atoms with van der Waals surface area (Å²) >= 11 is 0. The fourth-order valence-electron chi connectivity index (χ4n) is 2.39. The third-order valence-corrected chi connectivity index (χ3v) is 3.61. The molecule has 0 unspecified atom stereocenters. The average molecular weight is 305 g/mol. The first-order valence-corrected chi connectivity index (χ1v) is 7.17. The summed E-state index contributed by atoms with van der Waals surface area (Å²) in [5.41, 5.74) is 2.00. The molecule has 1 aromatic heterocycles. The largest absolute Gasteiger partial charge is 0.340 e. The van der Waals surface area contributed by atoms with Crippen LogP contribution in [0.5, 0.6) is 0 Å². The zero-order valence-corrected chi connectivity index (χ0v) is 12.3. The molecular formula is C15H17F2N5. The van der Waals surface area contributed by atoms with Crippen molar-refractivity contribution < 1.29 is 8.78 Å². The van der Waals surface area contributed by atoms with Crippen LogP contribution < -0.4 is 10.2 Å². The first kappa shape index (κ1) is 14.6. The number of piperidine rings is 1. The van der Waals surface area contributed by atoms with Gasteiger partial charge in [-0.05, 0) is 24.6 Å². The molecule has 2 heterocycles. The number of aryl methyl sites for hydroxylation is 1. The molecule has 0 aliphatic carbocycles. The second-order valence-corrected chi connectivity index (χ2v) is 5.45. The zero-order chi connectivity index (χ0) is 15.6. The van der Waals surface area contributed by atoms with E-state index in [1.165, 1.54) is 6.33 Å². The van der Waals surface area contributed by atoms with Gasteiger partial charge in [-0.15, -0.1) is 0 Å². The highest BCUT2D eigenvalue weighted by Crippen LogP contribution is 2.29. The molecule has 0 spiro atoms. The van der Waals surface area contributed by atoms with E-state index in [-0.39, 0.29) is 25.9 Å². The van der Waals surface area contributed by atoms with Gasteiger partial charge in [0.1, 0.15) is 6.33 Å². The highest BCUT2D eigenvalue weighted by atomic mass is 19.3. The van der Waals surface area contributed by atoms with Crippen molar-refractivity contribution in [3.8, 4) is 0 Å². The second-order valence-electron chi connectivity index (χ2n) is 5.45. The van der Waals surface area contributed by atoms with E-state index in [1.807, 2.05) is 31.2 Å². The molecule has 2 aromatic rings. The van der Waals surface area contributed by atoms with Crippen molar-refractivity contribution >= 4 is 17.6 Å². The maximum Gasteiger partial charge on any atom is 0.251 e. The van der Waals surface area contributed by atoms with Crippen molar-refractivity contribution in [2.45, 2.75) is 25.7 Å². The van der Waals surface area contributed by atoms with E-state index >= 15 is 0 Å². The van der Waals surface area contributed by atoms with Gasteiger partial charge in [-0.25, -0.2) is 18.7 Å². The average Bonchev–Trinajstić information content (AvgIpc) is 2.47. The minimum absolute atomic E-state index is 0.167. The lowest BCUT2D eigenvalue weighted by atomic mass is 10.1. The molecule has 1 saturated heterocycles. The number of nitrogens with zero attached hydrogens (tertiary/aromatic N) is 4. The van der Waals surface area contributed by atoms with E-state index in [1.54, 1.807) is 4.90 Å². The van der Waals surface area contributed by atoms with Crippen LogP contribution in [0.1, 0.15) is 18.4 Å². The van der Waals surface area contributed by atoms with Crippen molar-refractivity contribution in [1.82, 2.24) is 15.0 Å². The Hall–Kier alpha value is -2.31. The molecule has 0 atom stereocenters. The number of hydrogen-bond donors (Lipinski definition) is 1. The van der Waals surface area contributed by atoms with Gasteiger partial charge in [0, 0.05) is 31.6 Å². The Bertz CT molecular complexity index is 652. The third kappa shape index (κ3) is 3.47. The first-order valence-electron chi connectivity index (χ1n) is 7.17. The molecule has 1 fully saturated rings. The van der Waals surface area contributed by atoms with Crippen LogP contribution in [0.2, 0.25) is 0 Å². The molecule has 3 rings (SSSR count). The van der Waals surface area contributed by atoms with Gasteiger partial charge < -0.3 is 10.2 Å². The number of halogens is 2. The van der Waals surface area contributed by atoms with Crippen LogP contribution in [0.3, 0.4) is 0 Å². The molecule has 7 heteroatoms. The zero-order valence-electron chi connectivity index (χ0n) is 12.3. The quantitative estimate of drug-likeness (QED) is 0.944. The molecule has 1 aromatic carbocycles. The molecule has 22 heavy (non-hydrogen) atoms. The van der Waals surface area contributed by atoms with Gasteiger partial charge in [0.15, 0.2) is 0 Å². The minimum Gasteiger partial charge on any atom is -0.340 e. The molecule has 0 saturated carbocycles. The lowest BCUT2D eigenvalue weighted by molar-refractivity contribution is -0.0222. The van der Waals surface area contributed by atoms with Gasteiger partial charge >= 0.3 is 0 Å². The number of aromatic nitrogens is 3. The fourth-order valence-corrected chi connectivity index (χ4v) is 2.39. The van der Waals surface area contributed by atoms with E-state index < -0.39 is 5.92 Å². The minimum atomic E-state index is -2.58. The van der Waals surface area contributed by atoms with Gasteiger partial charge in [0.05, 0.1) is 0 Å². The molecule has 5 nitrogen and oxygen atoms in total. The highest BCUT2D eigenvalue weighted by molar-refractivity contribution is 5.55. The summed E-state index contributed by atoms with van der Waals surface area (Å²) in [5.74, 6) is -1.74. The number of hydrogen-bond acceptors (Lipinski definition) is 5. The SMILES string of the molecule is Cc1cccc(Nc2ncnc(N3CCC(F)(F)CC3)n2)c1. The first-order chi connectivity index (χ1) is 10.5. The smallest absolute Gasteiger partial charge is 0.251 e.